The molecule has 9 heteroatoms. The lowest BCUT2D eigenvalue weighted by Gasteiger charge is -2.37. The Morgan fingerprint density at radius 1 is 1.19 bits per heavy atom. The summed E-state index contributed by atoms with van der Waals surface area (Å²) in [7, 11) is 0. The number of ether oxygens (including phenoxy) is 1. The minimum atomic E-state index is -0.420. The molecule has 2 aromatic heterocycles. The Labute approximate surface area is 186 Å². The number of hydrogen-bond acceptors (Lipinski definition) is 7. The number of aliphatic hydroxyl groups is 1. The predicted molar refractivity (Wildman–Crippen MR) is 123 cm³/mol. The average molecular weight is 435 g/mol. The number of anilines is 3. The minimum absolute atomic E-state index is 0.0428. The zero-order valence-electron chi connectivity index (χ0n) is 18.1. The quantitative estimate of drug-likeness (QED) is 0.566. The molecule has 1 unspecified atom stereocenters. The SMILES string of the molecule is Cc1ccc(NC(=O)Nc2cncc(-c3ccc(N4CCOCC4CO)c(C)c3)n2)cn1. The molecular weight excluding hydrogens is 408 g/mol. The Hall–Kier alpha value is -3.56. The first kappa shape index (κ1) is 21.7. The highest BCUT2D eigenvalue weighted by Crippen LogP contribution is 2.28. The van der Waals surface area contributed by atoms with E-state index in [9.17, 15) is 9.90 Å². The van der Waals surface area contributed by atoms with Gasteiger partial charge in [-0.1, -0.05) is 6.07 Å². The number of morpholine rings is 1. The molecule has 1 saturated heterocycles. The third-order valence-electron chi connectivity index (χ3n) is 5.29. The summed E-state index contributed by atoms with van der Waals surface area (Å²) in [5.41, 5.74) is 5.12. The van der Waals surface area contributed by atoms with E-state index >= 15 is 0 Å². The first-order valence-electron chi connectivity index (χ1n) is 10.4. The van der Waals surface area contributed by atoms with Crippen LogP contribution in [0.5, 0.6) is 0 Å². The third kappa shape index (κ3) is 5.01. The maximum atomic E-state index is 12.3. The van der Waals surface area contributed by atoms with Crippen molar-refractivity contribution in [1.29, 1.82) is 0 Å². The molecule has 4 rings (SSSR count). The summed E-state index contributed by atoms with van der Waals surface area (Å²) in [4.78, 5) is 27.4. The number of hydrogen-bond donors (Lipinski definition) is 3. The van der Waals surface area contributed by atoms with Crippen molar-refractivity contribution >= 4 is 23.2 Å². The second kappa shape index (κ2) is 9.71. The molecular formula is C23H26N6O3. The van der Waals surface area contributed by atoms with Crippen LogP contribution >= 0.6 is 0 Å². The Morgan fingerprint density at radius 2 is 2.06 bits per heavy atom. The van der Waals surface area contributed by atoms with E-state index in [0.29, 0.717) is 30.4 Å². The fraction of sp³-hybridized carbons (Fsp3) is 0.304. The summed E-state index contributed by atoms with van der Waals surface area (Å²) in [5, 5.41) is 15.1. The smallest absolute Gasteiger partial charge is 0.324 e. The van der Waals surface area contributed by atoms with E-state index in [4.69, 9.17) is 4.74 Å². The molecule has 0 spiro atoms. The van der Waals surface area contributed by atoms with Gasteiger partial charge in [-0.2, -0.15) is 0 Å². The average Bonchev–Trinajstić information content (AvgIpc) is 2.80. The van der Waals surface area contributed by atoms with Crippen LogP contribution < -0.4 is 15.5 Å². The standard InChI is InChI=1S/C23H26N6O3/c1-15-9-17(4-6-21(15)29-7-8-32-14-19(29)13-30)20-11-24-12-22(27-20)28-23(31)26-18-5-3-16(2)25-10-18/h3-6,9-12,19,30H,7-8,13-14H2,1-2H3,(H2,26,27,28,31). The highest BCUT2D eigenvalue weighted by molar-refractivity contribution is 5.99. The number of amides is 2. The van der Waals surface area contributed by atoms with Crippen molar-refractivity contribution in [2.45, 2.75) is 19.9 Å². The van der Waals surface area contributed by atoms with Gasteiger partial charge in [-0.15, -0.1) is 0 Å². The Balaban J connectivity index is 1.48. The second-order valence-corrected chi connectivity index (χ2v) is 7.66. The number of aryl methyl sites for hydroxylation is 2. The summed E-state index contributed by atoms with van der Waals surface area (Å²) < 4.78 is 5.48. The van der Waals surface area contributed by atoms with Gasteiger partial charge in [-0.25, -0.2) is 9.78 Å². The van der Waals surface area contributed by atoms with Crippen LogP contribution in [0.3, 0.4) is 0 Å². The van der Waals surface area contributed by atoms with Gasteiger partial charge >= 0.3 is 6.03 Å². The van der Waals surface area contributed by atoms with Crippen LogP contribution in [-0.2, 0) is 4.74 Å². The van der Waals surface area contributed by atoms with Gasteiger partial charge in [-0.3, -0.25) is 15.3 Å². The van der Waals surface area contributed by atoms with Crippen molar-refractivity contribution in [3.05, 3.63) is 60.2 Å². The Kier molecular flexibility index (Phi) is 6.58. The fourth-order valence-electron chi connectivity index (χ4n) is 3.65. The van der Waals surface area contributed by atoms with Crippen molar-refractivity contribution in [2.24, 2.45) is 0 Å². The number of urea groups is 1. The molecule has 9 nitrogen and oxygen atoms in total. The number of nitrogens with one attached hydrogen (secondary N) is 2. The van der Waals surface area contributed by atoms with Crippen LogP contribution in [0, 0.1) is 13.8 Å². The van der Waals surface area contributed by atoms with Crippen molar-refractivity contribution in [1.82, 2.24) is 15.0 Å². The van der Waals surface area contributed by atoms with E-state index in [1.165, 1.54) is 6.20 Å². The molecule has 0 aliphatic carbocycles. The zero-order chi connectivity index (χ0) is 22.5. The van der Waals surface area contributed by atoms with Crippen LogP contribution in [0.15, 0.2) is 48.9 Å². The number of aromatic nitrogens is 3. The molecule has 1 aromatic carbocycles. The molecule has 2 amide bonds. The number of rotatable bonds is 5. The number of benzene rings is 1. The van der Waals surface area contributed by atoms with Gasteiger partial charge in [-0.05, 0) is 43.7 Å². The molecule has 3 N–H and O–H groups in total. The lowest BCUT2D eigenvalue weighted by Crippen LogP contribution is -2.47. The predicted octanol–water partition coefficient (Wildman–Crippen LogP) is 3.00. The lowest BCUT2D eigenvalue weighted by molar-refractivity contribution is 0.0726. The minimum Gasteiger partial charge on any atom is -0.394 e. The normalized spacial score (nSPS) is 16.0. The molecule has 0 saturated carbocycles. The molecule has 1 fully saturated rings. The molecule has 0 bridgehead atoms. The highest BCUT2D eigenvalue weighted by Gasteiger charge is 2.23. The summed E-state index contributed by atoms with van der Waals surface area (Å²) in [5.74, 6) is 0.343. The van der Waals surface area contributed by atoms with Gasteiger partial charge in [0, 0.05) is 23.5 Å². The molecule has 3 aromatic rings. The molecule has 1 aliphatic heterocycles. The van der Waals surface area contributed by atoms with E-state index in [1.54, 1.807) is 18.5 Å². The largest absolute Gasteiger partial charge is 0.394 e. The van der Waals surface area contributed by atoms with Gasteiger partial charge in [0.15, 0.2) is 5.82 Å². The van der Waals surface area contributed by atoms with Crippen LogP contribution in [0.4, 0.5) is 22.0 Å². The molecule has 3 heterocycles. The summed E-state index contributed by atoms with van der Waals surface area (Å²) in [6, 6.07) is 9.16. The number of pyridine rings is 1. The van der Waals surface area contributed by atoms with E-state index in [0.717, 1.165) is 29.1 Å². The van der Waals surface area contributed by atoms with Crippen LogP contribution in [0.25, 0.3) is 11.3 Å². The summed E-state index contributed by atoms with van der Waals surface area (Å²) in [6.45, 7) is 5.83. The van der Waals surface area contributed by atoms with Gasteiger partial charge in [0.05, 0.1) is 55.8 Å². The van der Waals surface area contributed by atoms with E-state index < -0.39 is 6.03 Å². The first-order valence-corrected chi connectivity index (χ1v) is 10.4. The molecule has 166 valence electrons. The number of nitrogens with zero attached hydrogens (tertiary/aromatic N) is 4. The second-order valence-electron chi connectivity index (χ2n) is 7.66. The van der Waals surface area contributed by atoms with Crippen molar-refractivity contribution < 1.29 is 14.6 Å². The fourth-order valence-corrected chi connectivity index (χ4v) is 3.65. The van der Waals surface area contributed by atoms with E-state index in [-0.39, 0.29) is 12.6 Å². The lowest BCUT2D eigenvalue weighted by atomic mass is 10.0. The topological polar surface area (TPSA) is 113 Å². The number of aliphatic hydroxyl groups excluding tert-OH is 1. The van der Waals surface area contributed by atoms with Crippen molar-refractivity contribution in [3.63, 3.8) is 0 Å². The summed E-state index contributed by atoms with van der Waals surface area (Å²) >= 11 is 0. The van der Waals surface area contributed by atoms with E-state index in [1.807, 2.05) is 38.1 Å². The van der Waals surface area contributed by atoms with Gasteiger partial charge in [0.2, 0.25) is 0 Å². The van der Waals surface area contributed by atoms with Crippen LogP contribution in [-0.4, -0.2) is 58.5 Å². The Bertz CT molecular complexity index is 1090. The first-order chi connectivity index (χ1) is 15.5. The van der Waals surface area contributed by atoms with E-state index in [2.05, 4.69) is 30.5 Å². The highest BCUT2D eigenvalue weighted by atomic mass is 16.5. The summed E-state index contributed by atoms with van der Waals surface area (Å²) in [6.07, 6.45) is 4.75. The maximum Gasteiger partial charge on any atom is 0.324 e. The van der Waals surface area contributed by atoms with Crippen LogP contribution in [0.2, 0.25) is 0 Å². The van der Waals surface area contributed by atoms with Gasteiger partial charge < -0.3 is 20.1 Å². The molecule has 32 heavy (non-hydrogen) atoms. The zero-order valence-corrected chi connectivity index (χ0v) is 18.1. The van der Waals surface area contributed by atoms with Crippen molar-refractivity contribution in [3.8, 4) is 11.3 Å². The third-order valence-corrected chi connectivity index (χ3v) is 5.29. The number of carbonyl (C=O) groups is 1. The molecule has 1 atom stereocenters. The Morgan fingerprint density at radius 3 is 2.81 bits per heavy atom. The van der Waals surface area contributed by atoms with Crippen LogP contribution in [0.1, 0.15) is 11.3 Å². The number of carbonyl (C=O) groups excluding carboxylic acids is 1. The van der Waals surface area contributed by atoms with Crippen molar-refractivity contribution in [2.75, 3.05) is 41.9 Å². The van der Waals surface area contributed by atoms with Gasteiger partial charge in [0.1, 0.15) is 0 Å². The van der Waals surface area contributed by atoms with Gasteiger partial charge in [0.25, 0.3) is 0 Å². The maximum absolute atomic E-state index is 12.3. The molecule has 0 radical (unpaired) electrons. The monoisotopic (exact) mass is 434 g/mol. The molecule has 1 aliphatic rings.